The average molecular weight is 386 g/mol. The zero-order valence-electron chi connectivity index (χ0n) is 15.5. The first-order valence-corrected chi connectivity index (χ1v) is 9.65. The minimum Gasteiger partial charge on any atom is -0.493 e. The summed E-state index contributed by atoms with van der Waals surface area (Å²) in [7, 11) is 3.60. The summed E-state index contributed by atoms with van der Waals surface area (Å²) in [6.07, 6.45) is 0. The number of carbonyl (C=O) groups excluding carboxylic acids is 1. The Balaban J connectivity index is 1.39. The van der Waals surface area contributed by atoms with Crippen LogP contribution in [0, 0.1) is 0 Å². The Morgan fingerprint density at radius 1 is 1.15 bits per heavy atom. The molecule has 0 aliphatic rings. The lowest BCUT2D eigenvalue weighted by atomic mass is 10.3. The van der Waals surface area contributed by atoms with Crippen LogP contribution in [0.3, 0.4) is 0 Å². The van der Waals surface area contributed by atoms with Gasteiger partial charge in [0.05, 0.1) is 30.9 Å². The van der Waals surface area contributed by atoms with Crippen LogP contribution in [-0.4, -0.2) is 44.7 Å². The summed E-state index contributed by atoms with van der Waals surface area (Å²) in [4.78, 5) is 17.8. The number of fused-ring (bicyclic) bond motifs is 1. The molecule has 7 heteroatoms. The lowest BCUT2D eigenvalue weighted by Gasteiger charge is -2.13. The van der Waals surface area contributed by atoms with Crippen LogP contribution in [0.2, 0.25) is 0 Å². The zero-order valence-corrected chi connectivity index (χ0v) is 16.3. The molecule has 1 heterocycles. The number of nitrogens with one attached hydrogen (secondary N) is 2. The van der Waals surface area contributed by atoms with Crippen LogP contribution >= 0.6 is 11.3 Å². The Hall–Kier alpha value is -2.64. The van der Waals surface area contributed by atoms with Gasteiger partial charge in [-0.3, -0.25) is 4.79 Å². The number of likely N-dealkylation sites (N-methyl/N-ethyl adjacent to an activating group) is 1. The van der Waals surface area contributed by atoms with Gasteiger partial charge in [0.25, 0.3) is 5.91 Å². The average Bonchev–Trinajstić information content (AvgIpc) is 3.07. The van der Waals surface area contributed by atoms with Crippen LogP contribution in [-0.2, 0) is 11.3 Å². The quantitative estimate of drug-likeness (QED) is 0.547. The van der Waals surface area contributed by atoms with Crippen molar-refractivity contribution in [1.82, 2.24) is 10.3 Å². The highest BCUT2D eigenvalue weighted by molar-refractivity contribution is 7.18. The molecule has 0 radical (unpaired) electrons. The molecular formula is C20H24N3O3S+. The first-order chi connectivity index (χ1) is 13.2. The predicted octanol–water partition coefficient (Wildman–Crippen LogP) is 1.51. The highest BCUT2D eigenvalue weighted by atomic mass is 32.1. The number of hydrogen-bond donors (Lipinski definition) is 2. The van der Waals surface area contributed by atoms with Gasteiger partial charge in [-0.15, -0.1) is 11.3 Å². The van der Waals surface area contributed by atoms with Crippen molar-refractivity contribution in [3.05, 3.63) is 53.5 Å². The Kier molecular flexibility index (Phi) is 6.62. The van der Waals surface area contributed by atoms with E-state index in [0.29, 0.717) is 31.2 Å². The fourth-order valence-corrected chi connectivity index (χ4v) is 3.82. The number of nitrogens with zero attached hydrogens (tertiary/aromatic N) is 1. The maximum absolute atomic E-state index is 12.1. The van der Waals surface area contributed by atoms with E-state index < -0.39 is 0 Å². The van der Waals surface area contributed by atoms with E-state index in [0.717, 1.165) is 22.0 Å². The van der Waals surface area contributed by atoms with Gasteiger partial charge < -0.3 is 19.7 Å². The molecule has 2 aromatic carbocycles. The number of ether oxygens (including phenoxy) is 2. The first-order valence-electron chi connectivity index (χ1n) is 8.84. The highest BCUT2D eigenvalue weighted by Crippen LogP contribution is 2.25. The van der Waals surface area contributed by atoms with Crippen molar-refractivity contribution in [3.8, 4) is 11.5 Å². The number of para-hydroxylation sites is 3. The summed E-state index contributed by atoms with van der Waals surface area (Å²) in [6, 6.07) is 15.5. The minimum absolute atomic E-state index is 0.00256. The third-order valence-corrected chi connectivity index (χ3v) is 5.04. The van der Waals surface area contributed by atoms with Crippen LogP contribution in [0.5, 0.6) is 11.5 Å². The molecule has 27 heavy (non-hydrogen) atoms. The SMILES string of the molecule is COc1ccccc1OCCNC(=O)C[NH+](C)Cc1nc2ccccc2s1. The van der Waals surface area contributed by atoms with Gasteiger partial charge in [0, 0.05) is 0 Å². The molecule has 6 nitrogen and oxygen atoms in total. The molecule has 3 rings (SSSR count). The lowest BCUT2D eigenvalue weighted by Crippen LogP contribution is -3.08. The van der Waals surface area contributed by atoms with Crippen molar-refractivity contribution in [3.63, 3.8) is 0 Å². The van der Waals surface area contributed by atoms with Gasteiger partial charge in [-0.25, -0.2) is 4.98 Å². The second kappa shape index (κ2) is 9.34. The van der Waals surface area contributed by atoms with E-state index in [9.17, 15) is 4.79 Å². The van der Waals surface area contributed by atoms with E-state index in [1.54, 1.807) is 18.4 Å². The third-order valence-electron chi connectivity index (χ3n) is 4.00. The number of methoxy groups -OCH3 is 1. The molecule has 0 bridgehead atoms. The van der Waals surface area contributed by atoms with Crippen LogP contribution in [0.1, 0.15) is 5.01 Å². The summed E-state index contributed by atoms with van der Waals surface area (Å²) >= 11 is 1.68. The van der Waals surface area contributed by atoms with Gasteiger partial charge in [0.1, 0.15) is 18.2 Å². The molecule has 0 saturated heterocycles. The molecule has 0 spiro atoms. The Morgan fingerprint density at radius 3 is 2.67 bits per heavy atom. The normalized spacial score (nSPS) is 11.9. The topological polar surface area (TPSA) is 64.9 Å². The molecule has 0 saturated carbocycles. The van der Waals surface area contributed by atoms with E-state index in [1.807, 2.05) is 49.5 Å². The fraction of sp³-hybridized carbons (Fsp3) is 0.300. The number of aromatic nitrogens is 1. The highest BCUT2D eigenvalue weighted by Gasteiger charge is 2.13. The monoisotopic (exact) mass is 386 g/mol. The molecule has 0 fully saturated rings. The number of thiazole rings is 1. The maximum Gasteiger partial charge on any atom is 0.275 e. The number of carbonyl (C=O) groups is 1. The van der Waals surface area contributed by atoms with Gasteiger partial charge in [-0.05, 0) is 24.3 Å². The van der Waals surface area contributed by atoms with E-state index >= 15 is 0 Å². The standard InChI is InChI=1S/C20H23N3O3S/c1-23(14-20-22-15-7-3-6-10-18(15)27-20)13-19(24)21-11-12-26-17-9-5-4-8-16(17)25-2/h3-10H,11-14H2,1-2H3,(H,21,24)/p+1. The largest absolute Gasteiger partial charge is 0.493 e. The summed E-state index contributed by atoms with van der Waals surface area (Å²) in [6.45, 7) is 1.96. The second-order valence-electron chi connectivity index (χ2n) is 6.24. The summed E-state index contributed by atoms with van der Waals surface area (Å²) in [5.74, 6) is 1.36. The summed E-state index contributed by atoms with van der Waals surface area (Å²) < 4.78 is 12.1. The number of rotatable bonds is 9. The molecule has 1 unspecified atom stereocenters. The first kappa shape index (κ1) is 19.1. The predicted molar refractivity (Wildman–Crippen MR) is 107 cm³/mol. The lowest BCUT2D eigenvalue weighted by molar-refractivity contribution is -0.885. The van der Waals surface area contributed by atoms with Gasteiger partial charge in [-0.2, -0.15) is 0 Å². The molecule has 0 aliphatic carbocycles. The Bertz CT molecular complexity index is 864. The van der Waals surface area contributed by atoms with Gasteiger partial charge in [-0.1, -0.05) is 24.3 Å². The van der Waals surface area contributed by atoms with E-state index in [2.05, 4.69) is 16.4 Å². The summed E-state index contributed by atoms with van der Waals surface area (Å²) in [5, 5.41) is 3.93. The molecule has 2 N–H and O–H groups in total. The van der Waals surface area contributed by atoms with Crippen molar-refractivity contribution in [2.75, 3.05) is 33.9 Å². The van der Waals surface area contributed by atoms with Gasteiger partial charge in [0.15, 0.2) is 18.0 Å². The number of quaternary nitrogens is 1. The Labute approximate surface area is 162 Å². The van der Waals surface area contributed by atoms with E-state index in [4.69, 9.17) is 9.47 Å². The number of amides is 1. The number of benzene rings is 2. The van der Waals surface area contributed by atoms with Crippen molar-refractivity contribution in [1.29, 1.82) is 0 Å². The molecule has 3 aromatic rings. The maximum atomic E-state index is 12.1. The number of hydrogen-bond acceptors (Lipinski definition) is 5. The van der Waals surface area contributed by atoms with E-state index in [-0.39, 0.29) is 5.91 Å². The Morgan fingerprint density at radius 2 is 1.89 bits per heavy atom. The molecule has 142 valence electrons. The smallest absolute Gasteiger partial charge is 0.275 e. The van der Waals surface area contributed by atoms with Crippen LogP contribution in [0.25, 0.3) is 10.2 Å². The van der Waals surface area contributed by atoms with Gasteiger partial charge in [0.2, 0.25) is 0 Å². The fourth-order valence-electron chi connectivity index (χ4n) is 2.74. The molecule has 1 atom stereocenters. The third kappa shape index (κ3) is 5.42. The van der Waals surface area contributed by atoms with E-state index in [1.165, 1.54) is 4.70 Å². The molecule has 0 aliphatic heterocycles. The summed E-state index contributed by atoms with van der Waals surface area (Å²) in [5.41, 5.74) is 1.02. The van der Waals surface area contributed by atoms with Crippen molar-refractivity contribution >= 4 is 27.5 Å². The molecular weight excluding hydrogens is 362 g/mol. The van der Waals surface area contributed by atoms with Gasteiger partial charge >= 0.3 is 0 Å². The molecule has 1 amide bonds. The minimum atomic E-state index is -0.00256. The van der Waals surface area contributed by atoms with Crippen LogP contribution in [0.15, 0.2) is 48.5 Å². The van der Waals surface area contributed by atoms with Crippen molar-refractivity contribution in [2.24, 2.45) is 0 Å². The van der Waals surface area contributed by atoms with Crippen molar-refractivity contribution in [2.45, 2.75) is 6.54 Å². The molecule has 1 aromatic heterocycles. The van der Waals surface area contributed by atoms with Crippen LogP contribution in [0.4, 0.5) is 0 Å². The van der Waals surface area contributed by atoms with Crippen LogP contribution < -0.4 is 19.7 Å². The second-order valence-corrected chi connectivity index (χ2v) is 7.35. The van der Waals surface area contributed by atoms with Crippen molar-refractivity contribution < 1.29 is 19.2 Å². The zero-order chi connectivity index (χ0) is 19.1.